The molecule has 3 nitrogen and oxygen atoms in total. The Kier molecular flexibility index (Phi) is 2.27. The lowest BCUT2D eigenvalue weighted by Gasteiger charge is -1.98. The number of benzene rings is 1. The summed E-state index contributed by atoms with van der Waals surface area (Å²) in [5.74, 6) is 0.502. The highest BCUT2D eigenvalue weighted by molar-refractivity contribution is 6.36. The van der Waals surface area contributed by atoms with Crippen LogP contribution in [0.3, 0.4) is 0 Å². The predicted octanol–water partition coefficient (Wildman–Crippen LogP) is 3.43. The van der Waals surface area contributed by atoms with Crippen molar-refractivity contribution in [2.45, 2.75) is 0 Å². The second-order valence-corrected chi connectivity index (χ2v) is 4.15. The van der Waals surface area contributed by atoms with Crippen molar-refractivity contribution in [3.63, 3.8) is 0 Å². The quantitative estimate of drug-likeness (QED) is 0.782. The fourth-order valence-electron chi connectivity index (χ4n) is 1.82. The molecule has 2 heterocycles. The summed E-state index contributed by atoms with van der Waals surface area (Å²) < 4.78 is 5.20. The van der Waals surface area contributed by atoms with E-state index in [-0.39, 0.29) is 5.91 Å². The predicted molar refractivity (Wildman–Crippen MR) is 66.7 cm³/mol. The average Bonchev–Trinajstić information content (AvgIpc) is 2.90. The van der Waals surface area contributed by atoms with Gasteiger partial charge in [-0.3, -0.25) is 4.79 Å². The van der Waals surface area contributed by atoms with Gasteiger partial charge >= 0.3 is 0 Å². The second kappa shape index (κ2) is 3.79. The van der Waals surface area contributed by atoms with Crippen molar-refractivity contribution in [3.8, 4) is 0 Å². The van der Waals surface area contributed by atoms with Crippen molar-refractivity contribution in [1.29, 1.82) is 0 Å². The number of halogens is 1. The van der Waals surface area contributed by atoms with E-state index in [2.05, 4.69) is 5.32 Å². The van der Waals surface area contributed by atoms with E-state index in [1.807, 2.05) is 0 Å². The molecule has 1 aromatic heterocycles. The van der Waals surface area contributed by atoms with Crippen molar-refractivity contribution in [2.24, 2.45) is 0 Å². The standard InChI is InChI=1S/C13H8ClNO2/c14-8-3-4-12-10(6-8)11(13(16)15-12)7-9-2-1-5-17-9/h1-7H,(H,15,16)/b11-7+. The zero-order valence-electron chi connectivity index (χ0n) is 8.74. The molecule has 0 unspecified atom stereocenters. The summed E-state index contributed by atoms with van der Waals surface area (Å²) in [6, 6.07) is 8.87. The zero-order valence-corrected chi connectivity index (χ0v) is 9.49. The van der Waals surface area contributed by atoms with Crippen LogP contribution < -0.4 is 5.32 Å². The van der Waals surface area contributed by atoms with Crippen LogP contribution in [0.2, 0.25) is 5.02 Å². The molecule has 17 heavy (non-hydrogen) atoms. The van der Waals surface area contributed by atoms with Gasteiger partial charge in [0.1, 0.15) is 5.76 Å². The Morgan fingerprint density at radius 1 is 1.29 bits per heavy atom. The number of furan rings is 1. The van der Waals surface area contributed by atoms with Gasteiger partial charge in [-0.05, 0) is 36.4 Å². The maximum Gasteiger partial charge on any atom is 0.256 e. The molecule has 4 heteroatoms. The molecule has 2 aromatic rings. The van der Waals surface area contributed by atoms with E-state index in [1.165, 1.54) is 0 Å². The summed E-state index contributed by atoms with van der Waals surface area (Å²) >= 11 is 5.93. The maximum absolute atomic E-state index is 11.8. The van der Waals surface area contributed by atoms with Gasteiger partial charge in [0.2, 0.25) is 0 Å². The zero-order chi connectivity index (χ0) is 11.8. The Labute approximate surface area is 103 Å². The molecule has 1 N–H and O–H groups in total. The first-order valence-corrected chi connectivity index (χ1v) is 5.48. The Hall–Kier alpha value is -2.00. The van der Waals surface area contributed by atoms with Gasteiger partial charge < -0.3 is 9.73 Å². The van der Waals surface area contributed by atoms with Gasteiger partial charge in [0, 0.05) is 16.3 Å². The molecular formula is C13H8ClNO2. The van der Waals surface area contributed by atoms with E-state index >= 15 is 0 Å². The third-order valence-corrected chi connectivity index (χ3v) is 2.83. The minimum Gasteiger partial charge on any atom is -0.465 e. The molecule has 0 saturated heterocycles. The first-order chi connectivity index (χ1) is 8.24. The first kappa shape index (κ1) is 10.2. The molecule has 0 saturated carbocycles. The van der Waals surface area contributed by atoms with Gasteiger partial charge in [-0.15, -0.1) is 0 Å². The fourth-order valence-corrected chi connectivity index (χ4v) is 1.99. The first-order valence-electron chi connectivity index (χ1n) is 5.10. The van der Waals surface area contributed by atoms with Crippen molar-refractivity contribution < 1.29 is 9.21 Å². The molecule has 0 radical (unpaired) electrons. The number of nitrogens with one attached hydrogen (secondary N) is 1. The Morgan fingerprint density at radius 3 is 2.94 bits per heavy atom. The summed E-state index contributed by atoms with van der Waals surface area (Å²) in [7, 11) is 0. The van der Waals surface area contributed by atoms with Gasteiger partial charge in [0.05, 0.1) is 11.8 Å². The Bertz CT molecular complexity index is 614. The Balaban J connectivity index is 2.13. The topological polar surface area (TPSA) is 42.2 Å². The maximum atomic E-state index is 11.8. The number of carbonyl (C=O) groups excluding carboxylic acids is 1. The molecule has 0 atom stereocenters. The summed E-state index contributed by atoms with van der Waals surface area (Å²) in [4.78, 5) is 11.8. The van der Waals surface area contributed by atoms with Gasteiger partial charge in [0.25, 0.3) is 5.91 Å². The molecule has 1 amide bonds. The highest BCUT2D eigenvalue weighted by atomic mass is 35.5. The average molecular weight is 246 g/mol. The molecule has 3 rings (SSSR count). The molecule has 0 aliphatic carbocycles. The van der Waals surface area contributed by atoms with Crippen LogP contribution in [0.5, 0.6) is 0 Å². The number of hydrogen-bond acceptors (Lipinski definition) is 2. The van der Waals surface area contributed by atoms with Crippen LogP contribution in [0.1, 0.15) is 11.3 Å². The normalized spacial score (nSPS) is 16.1. The molecule has 1 aromatic carbocycles. The molecule has 84 valence electrons. The number of amides is 1. The van der Waals surface area contributed by atoms with E-state index in [9.17, 15) is 4.79 Å². The van der Waals surface area contributed by atoms with Crippen LogP contribution in [-0.2, 0) is 4.79 Å². The highest BCUT2D eigenvalue weighted by Crippen LogP contribution is 2.34. The van der Waals surface area contributed by atoms with Crippen LogP contribution in [0.25, 0.3) is 11.6 Å². The smallest absolute Gasteiger partial charge is 0.256 e. The lowest BCUT2D eigenvalue weighted by molar-refractivity contribution is -0.110. The fraction of sp³-hybridized carbons (Fsp3) is 0. The monoisotopic (exact) mass is 245 g/mol. The molecule has 1 aliphatic heterocycles. The lowest BCUT2D eigenvalue weighted by atomic mass is 10.1. The summed E-state index contributed by atoms with van der Waals surface area (Å²) in [6.45, 7) is 0. The van der Waals surface area contributed by atoms with Crippen LogP contribution in [0, 0.1) is 0 Å². The van der Waals surface area contributed by atoms with Crippen molar-refractivity contribution >= 4 is 34.8 Å². The molecular weight excluding hydrogens is 238 g/mol. The Morgan fingerprint density at radius 2 is 2.18 bits per heavy atom. The third-order valence-electron chi connectivity index (χ3n) is 2.59. The second-order valence-electron chi connectivity index (χ2n) is 3.72. The number of hydrogen-bond donors (Lipinski definition) is 1. The largest absolute Gasteiger partial charge is 0.465 e. The highest BCUT2D eigenvalue weighted by Gasteiger charge is 2.24. The number of anilines is 1. The van der Waals surface area contributed by atoms with Crippen LogP contribution in [0.15, 0.2) is 41.0 Å². The van der Waals surface area contributed by atoms with E-state index in [4.69, 9.17) is 16.0 Å². The molecule has 0 fully saturated rings. The number of fused-ring (bicyclic) bond motifs is 1. The van der Waals surface area contributed by atoms with E-state index < -0.39 is 0 Å². The van der Waals surface area contributed by atoms with Gasteiger partial charge in [0.15, 0.2) is 0 Å². The van der Waals surface area contributed by atoms with E-state index in [0.717, 1.165) is 11.3 Å². The number of rotatable bonds is 1. The van der Waals surface area contributed by atoms with Gasteiger partial charge in [-0.25, -0.2) is 0 Å². The third kappa shape index (κ3) is 1.74. The minimum absolute atomic E-state index is 0.140. The van der Waals surface area contributed by atoms with E-state index in [1.54, 1.807) is 42.7 Å². The SMILES string of the molecule is O=C1Nc2ccc(Cl)cc2/C1=C\c1ccco1. The lowest BCUT2D eigenvalue weighted by Crippen LogP contribution is -2.03. The minimum atomic E-state index is -0.140. The molecule has 1 aliphatic rings. The van der Waals surface area contributed by atoms with Crippen LogP contribution >= 0.6 is 11.6 Å². The summed E-state index contributed by atoms with van der Waals surface area (Å²) in [5, 5.41) is 3.38. The van der Waals surface area contributed by atoms with Crippen molar-refractivity contribution in [3.05, 3.63) is 52.9 Å². The van der Waals surface area contributed by atoms with Gasteiger partial charge in [-0.2, -0.15) is 0 Å². The summed E-state index contributed by atoms with van der Waals surface area (Å²) in [5.41, 5.74) is 2.15. The van der Waals surface area contributed by atoms with Crippen LogP contribution in [-0.4, -0.2) is 5.91 Å². The van der Waals surface area contributed by atoms with Crippen molar-refractivity contribution in [1.82, 2.24) is 0 Å². The van der Waals surface area contributed by atoms with Gasteiger partial charge in [-0.1, -0.05) is 11.6 Å². The molecule has 0 bridgehead atoms. The van der Waals surface area contributed by atoms with Crippen molar-refractivity contribution in [2.75, 3.05) is 5.32 Å². The summed E-state index contributed by atoms with van der Waals surface area (Å²) in [6.07, 6.45) is 3.27. The molecule has 0 spiro atoms. The number of carbonyl (C=O) groups is 1. The van der Waals surface area contributed by atoms with Crippen LogP contribution in [0.4, 0.5) is 5.69 Å². The van der Waals surface area contributed by atoms with E-state index in [0.29, 0.717) is 16.4 Å².